The van der Waals surface area contributed by atoms with Crippen molar-refractivity contribution in [2.75, 3.05) is 13.2 Å². The first-order valence-electron chi connectivity index (χ1n) is 15.8. The number of hydrogen-bond donors (Lipinski definition) is 0. The van der Waals surface area contributed by atoms with Crippen molar-refractivity contribution in [1.82, 2.24) is 0 Å². The quantitative estimate of drug-likeness (QED) is 0.0640. The van der Waals surface area contributed by atoms with Crippen LogP contribution in [0.4, 0.5) is 0 Å². The Bertz CT molecular complexity index is 1880. The Balaban J connectivity index is 1.38. The van der Waals surface area contributed by atoms with Gasteiger partial charge in [-0.25, -0.2) is 19.2 Å². The van der Waals surface area contributed by atoms with Gasteiger partial charge >= 0.3 is 23.9 Å². The zero-order valence-corrected chi connectivity index (χ0v) is 26.9. The van der Waals surface area contributed by atoms with Crippen molar-refractivity contribution in [2.45, 2.75) is 36.9 Å². The zero-order chi connectivity index (χ0) is 35.7. The minimum Gasteiger partial charge on any atom is -0.471 e. The Labute approximate surface area is 291 Å². The molecule has 3 aliphatic heterocycles. The highest BCUT2D eigenvalue weighted by molar-refractivity contribution is 5.95. The van der Waals surface area contributed by atoms with E-state index in [1.54, 1.807) is 72.8 Å². The van der Waals surface area contributed by atoms with Crippen molar-refractivity contribution in [3.63, 3.8) is 0 Å². The predicted molar refractivity (Wildman–Crippen MR) is 176 cm³/mol. The van der Waals surface area contributed by atoms with Crippen molar-refractivity contribution >= 4 is 23.9 Å². The first-order chi connectivity index (χ1) is 24.9. The van der Waals surface area contributed by atoms with Crippen LogP contribution in [0.1, 0.15) is 31.1 Å². The molecule has 0 bridgehead atoms. The van der Waals surface area contributed by atoms with Crippen LogP contribution in [0.15, 0.2) is 132 Å². The molecular formula is C37H31N3O11. The van der Waals surface area contributed by atoms with Gasteiger partial charge in [-0.1, -0.05) is 65.8 Å². The van der Waals surface area contributed by atoms with Gasteiger partial charge in [0.25, 0.3) is 0 Å². The van der Waals surface area contributed by atoms with Crippen LogP contribution >= 0.6 is 0 Å². The lowest BCUT2D eigenvalue weighted by molar-refractivity contribution is -0.318. The van der Waals surface area contributed by atoms with Gasteiger partial charge < -0.3 is 33.2 Å². The highest BCUT2D eigenvalue weighted by Crippen LogP contribution is 2.38. The standard InChI is InChI=1S/C37H31N3O11/c1-2-25-26-18-19-45-35(44)27(26)20-47-36(25)51-37-31(50-34(43)24-16-10-5-11-17-24)30(49-33(42)23-14-8-4-9-15-23)29(39-40-38)28(48-37)21-46-32(41)22-12-6-3-7-13-22/h2-18,20,25,28-31,36-37H,1,19,21H2/t25-,28-,29?,30+,31-,36+,37+/m1/s1. The molecular weight excluding hydrogens is 662 g/mol. The van der Waals surface area contributed by atoms with E-state index in [-0.39, 0.29) is 28.9 Å². The second-order valence-electron chi connectivity index (χ2n) is 11.4. The number of nitrogens with zero attached hydrogens (tertiary/aromatic N) is 3. The predicted octanol–water partition coefficient (Wildman–Crippen LogP) is 5.24. The average molecular weight is 694 g/mol. The van der Waals surface area contributed by atoms with Crippen LogP contribution in [-0.2, 0) is 38.0 Å². The Morgan fingerprint density at radius 1 is 0.843 bits per heavy atom. The van der Waals surface area contributed by atoms with Gasteiger partial charge in [0.15, 0.2) is 12.2 Å². The molecule has 0 aromatic heterocycles. The summed E-state index contributed by atoms with van der Waals surface area (Å²) in [4.78, 5) is 55.4. The van der Waals surface area contributed by atoms with E-state index in [1.807, 2.05) is 0 Å². The number of rotatable bonds is 11. The normalized spacial score (nSPS) is 25.2. The SMILES string of the molecule is C=C[C@@H]1C2=CCOC(=O)C2=CO[C@H]1O[C@@H]1O[C@H](COC(=O)c2ccccc2)C(N=[N+]=[N-])[C@H](OC(=O)c2ccccc2)[C@H]1OC(=O)c1ccccc1. The van der Waals surface area contributed by atoms with Crippen molar-refractivity contribution in [2.24, 2.45) is 11.0 Å². The van der Waals surface area contributed by atoms with E-state index < -0.39 is 73.3 Å². The third kappa shape index (κ3) is 7.84. The van der Waals surface area contributed by atoms with E-state index in [0.29, 0.717) is 5.57 Å². The number of carbonyl (C=O) groups excluding carboxylic acids is 4. The molecule has 3 aliphatic rings. The molecule has 14 heteroatoms. The number of cyclic esters (lactones) is 1. The summed E-state index contributed by atoms with van der Waals surface area (Å²) in [6.07, 6.45) is -2.84. The van der Waals surface area contributed by atoms with Crippen molar-refractivity contribution in [3.8, 4) is 0 Å². The summed E-state index contributed by atoms with van der Waals surface area (Å²) in [5.74, 6) is -3.70. The highest BCUT2D eigenvalue weighted by Gasteiger charge is 2.53. The molecule has 1 fully saturated rings. The molecule has 0 N–H and O–H groups in total. The molecule has 0 aliphatic carbocycles. The molecule has 260 valence electrons. The van der Waals surface area contributed by atoms with E-state index in [1.165, 1.54) is 36.6 Å². The fraction of sp³-hybridized carbons (Fsp3) is 0.243. The number of ether oxygens (including phenoxy) is 7. The second kappa shape index (κ2) is 16.0. The van der Waals surface area contributed by atoms with Gasteiger partial charge in [0, 0.05) is 4.91 Å². The number of azide groups is 1. The van der Waals surface area contributed by atoms with Crippen LogP contribution in [-0.4, -0.2) is 74.0 Å². The maximum absolute atomic E-state index is 13.6. The number of esters is 4. The maximum Gasteiger partial charge on any atom is 0.341 e. The third-order valence-electron chi connectivity index (χ3n) is 8.24. The van der Waals surface area contributed by atoms with E-state index in [4.69, 9.17) is 33.2 Å². The van der Waals surface area contributed by atoms with E-state index in [9.17, 15) is 24.7 Å². The fourth-order valence-corrected chi connectivity index (χ4v) is 5.74. The molecule has 0 spiro atoms. The Morgan fingerprint density at radius 2 is 1.41 bits per heavy atom. The van der Waals surface area contributed by atoms with Gasteiger partial charge in [-0.15, -0.1) is 6.58 Å². The zero-order valence-electron chi connectivity index (χ0n) is 26.9. The summed E-state index contributed by atoms with van der Waals surface area (Å²) in [7, 11) is 0. The number of benzene rings is 3. The first-order valence-corrected chi connectivity index (χ1v) is 15.8. The summed E-state index contributed by atoms with van der Waals surface area (Å²) in [6, 6.07) is 22.8. The van der Waals surface area contributed by atoms with Crippen LogP contribution in [0.5, 0.6) is 0 Å². The monoisotopic (exact) mass is 693 g/mol. The minimum atomic E-state index is -1.59. The molecule has 0 saturated carbocycles. The Kier molecular flexibility index (Phi) is 10.9. The molecule has 0 radical (unpaired) electrons. The average Bonchev–Trinajstić information content (AvgIpc) is 3.17. The minimum absolute atomic E-state index is 0.0139. The lowest BCUT2D eigenvalue weighted by atomic mass is 9.89. The Morgan fingerprint density at radius 3 is 1.98 bits per heavy atom. The topological polar surface area (TPSA) is 182 Å². The summed E-state index contributed by atoms with van der Waals surface area (Å²) in [5, 5.41) is 3.87. The van der Waals surface area contributed by atoms with Crippen molar-refractivity contribution < 1.29 is 52.3 Å². The Hall–Kier alpha value is -6.21. The largest absolute Gasteiger partial charge is 0.471 e. The lowest BCUT2D eigenvalue weighted by Crippen LogP contribution is -2.62. The number of fused-ring (bicyclic) bond motifs is 1. The summed E-state index contributed by atoms with van der Waals surface area (Å²) < 4.78 is 41.0. The molecule has 3 heterocycles. The lowest BCUT2D eigenvalue weighted by Gasteiger charge is -2.45. The first kappa shape index (κ1) is 34.6. The molecule has 1 saturated heterocycles. The summed E-state index contributed by atoms with van der Waals surface area (Å²) in [6.45, 7) is 3.40. The third-order valence-corrected chi connectivity index (χ3v) is 8.24. The van der Waals surface area contributed by atoms with Gasteiger partial charge in [0.05, 0.1) is 28.2 Å². The van der Waals surface area contributed by atoms with Crippen molar-refractivity contribution in [1.29, 1.82) is 0 Å². The van der Waals surface area contributed by atoms with E-state index >= 15 is 0 Å². The molecule has 3 aromatic rings. The summed E-state index contributed by atoms with van der Waals surface area (Å²) >= 11 is 0. The van der Waals surface area contributed by atoms with Crippen LogP contribution in [0, 0.1) is 5.92 Å². The van der Waals surface area contributed by atoms with E-state index in [2.05, 4.69) is 16.6 Å². The van der Waals surface area contributed by atoms with Gasteiger partial charge in [-0.3, -0.25) is 0 Å². The van der Waals surface area contributed by atoms with Crippen molar-refractivity contribution in [3.05, 3.63) is 154 Å². The van der Waals surface area contributed by atoms with Gasteiger partial charge in [-0.2, -0.15) is 0 Å². The van der Waals surface area contributed by atoms with Gasteiger partial charge in [0.1, 0.15) is 31.6 Å². The van der Waals surface area contributed by atoms with Crippen LogP contribution < -0.4 is 0 Å². The molecule has 0 amide bonds. The van der Waals surface area contributed by atoms with Gasteiger partial charge in [-0.05, 0) is 53.6 Å². The maximum atomic E-state index is 13.6. The molecule has 1 unspecified atom stereocenters. The second-order valence-corrected chi connectivity index (χ2v) is 11.4. The molecule has 51 heavy (non-hydrogen) atoms. The number of carbonyl (C=O) groups is 4. The summed E-state index contributed by atoms with van der Waals surface area (Å²) in [5.41, 5.74) is 10.9. The van der Waals surface area contributed by atoms with Crippen LogP contribution in [0.25, 0.3) is 10.4 Å². The molecule has 7 atom stereocenters. The molecule has 6 rings (SSSR count). The fourth-order valence-electron chi connectivity index (χ4n) is 5.74. The molecule has 3 aromatic carbocycles. The number of hydrogen-bond acceptors (Lipinski definition) is 12. The smallest absolute Gasteiger partial charge is 0.341 e. The van der Waals surface area contributed by atoms with E-state index in [0.717, 1.165) is 0 Å². The molecule has 14 nitrogen and oxygen atoms in total. The highest BCUT2D eigenvalue weighted by atomic mass is 16.8. The van der Waals surface area contributed by atoms with Gasteiger partial charge in [0.2, 0.25) is 12.6 Å². The van der Waals surface area contributed by atoms with Crippen LogP contribution in [0.2, 0.25) is 0 Å². The van der Waals surface area contributed by atoms with Crippen LogP contribution in [0.3, 0.4) is 0 Å².